The second-order valence-electron chi connectivity index (χ2n) is 5.98. The molecule has 1 aromatic rings. The van der Waals surface area contributed by atoms with E-state index in [-0.39, 0.29) is 0 Å². The van der Waals surface area contributed by atoms with Crippen LogP contribution in [0.4, 0.5) is 5.69 Å². The van der Waals surface area contributed by atoms with E-state index in [2.05, 4.69) is 21.8 Å². The van der Waals surface area contributed by atoms with Crippen LogP contribution in [0.25, 0.3) is 0 Å². The quantitative estimate of drug-likeness (QED) is 0.877. The maximum absolute atomic E-state index is 11.3. The molecule has 3 heterocycles. The number of carbonyl (C=O) groups is 1. The number of nitrogens with zero attached hydrogens (tertiary/aromatic N) is 3. The van der Waals surface area contributed by atoms with Gasteiger partial charge in [0.15, 0.2) is 0 Å². The molecule has 0 saturated carbocycles. The lowest BCUT2D eigenvalue weighted by atomic mass is 9.83. The summed E-state index contributed by atoms with van der Waals surface area (Å²) in [7, 11) is 2.20. The molecule has 2 aliphatic heterocycles. The zero-order valence-corrected chi connectivity index (χ0v) is 12.0. The molecule has 1 aromatic heterocycles. The van der Waals surface area contributed by atoms with Gasteiger partial charge in [-0.15, -0.1) is 0 Å². The summed E-state index contributed by atoms with van der Waals surface area (Å²) in [5.41, 5.74) is 6.79. The number of hydrogen-bond donors (Lipinski definition) is 1. The first-order valence-corrected chi connectivity index (χ1v) is 7.36. The van der Waals surface area contributed by atoms with E-state index in [9.17, 15) is 4.79 Å². The number of amides is 1. The maximum Gasteiger partial charge on any atom is 0.267 e. The van der Waals surface area contributed by atoms with Crippen molar-refractivity contribution in [2.45, 2.75) is 25.3 Å². The second kappa shape index (κ2) is 5.40. The van der Waals surface area contributed by atoms with Gasteiger partial charge in [0.2, 0.25) is 0 Å². The Morgan fingerprint density at radius 2 is 2.25 bits per heavy atom. The van der Waals surface area contributed by atoms with Crippen LogP contribution in [0.2, 0.25) is 0 Å². The molecule has 0 bridgehead atoms. The molecule has 1 amide bonds. The summed E-state index contributed by atoms with van der Waals surface area (Å²) < 4.78 is 0. The van der Waals surface area contributed by atoms with Gasteiger partial charge < -0.3 is 15.5 Å². The summed E-state index contributed by atoms with van der Waals surface area (Å²) in [6, 6.07) is 4.42. The number of anilines is 1. The van der Waals surface area contributed by atoms with E-state index in [4.69, 9.17) is 5.73 Å². The lowest BCUT2D eigenvalue weighted by Gasteiger charge is -2.47. The van der Waals surface area contributed by atoms with Crippen LogP contribution in [0, 0.1) is 5.92 Å². The average Bonchev–Trinajstić information content (AvgIpc) is 2.46. The lowest BCUT2D eigenvalue weighted by Crippen LogP contribution is -2.53. The molecule has 2 unspecified atom stereocenters. The SMILES string of the molecule is CN1CCC2C(CCCN2c2ccnc(C(N)=O)c2)C1. The highest BCUT2D eigenvalue weighted by Crippen LogP contribution is 2.33. The van der Waals surface area contributed by atoms with Gasteiger partial charge in [-0.25, -0.2) is 0 Å². The molecular formula is C15H22N4O. The molecule has 0 radical (unpaired) electrons. The standard InChI is InChI=1S/C15H22N4O/c1-18-8-5-14-11(10-18)3-2-7-19(14)12-4-6-17-13(9-12)15(16)20/h4,6,9,11,14H,2-3,5,7-8,10H2,1H3,(H2,16,20). The smallest absolute Gasteiger partial charge is 0.267 e. The minimum Gasteiger partial charge on any atom is -0.368 e. The molecule has 20 heavy (non-hydrogen) atoms. The van der Waals surface area contributed by atoms with Crippen molar-refractivity contribution < 1.29 is 4.79 Å². The van der Waals surface area contributed by atoms with Crippen molar-refractivity contribution in [2.24, 2.45) is 11.7 Å². The van der Waals surface area contributed by atoms with Crippen molar-refractivity contribution >= 4 is 11.6 Å². The van der Waals surface area contributed by atoms with Crippen LogP contribution in [0.3, 0.4) is 0 Å². The van der Waals surface area contributed by atoms with Gasteiger partial charge in [0.25, 0.3) is 5.91 Å². The van der Waals surface area contributed by atoms with E-state index in [1.54, 1.807) is 6.20 Å². The van der Waals surface area contributed by atoms with Crippen molar-refractivity contribution in [3.8, 4) is 0 Å². The van der Waals surface area contributed by atoms with Crippen LogP contribution >= 0.6 is 0 Å². The summed E-state index contributed by atoms with van der Waals surface area (Å²) in [6.45, 7) is 3.38. The van der Waals surface area contributed by atoms with Gasteiger partial charge in [-0.1, -0.05) is 0 Å². The fraction of sp³-hybridized carbons (Fsp3) is 0.600. The number of nitrogens with two attached hydrogens (primary N) is 1. The monoisotopic (exact) mass is 274 g/mol. The molecule has 0 aromatic carbocycles. The summed E-state index contributed by atoms with van der Waals surface area (Å²) in [5.74, 6) is 0.275. The Labute approximate surface area is 119 Å². The Bertz CT molecular complexity index is 504. The molecule has 0 aliphatic carbocycles. The molecule has 2 aliphatic rings. The van der Waals surface area contributed by atoms with Crippen LogP contribution in [0.5, 0.6) is 0 Å². The van der Waals surface area contributed by atoms with E-state index in [1.165, 1.54) is 25.8 Å². The number of pyridine rings is 1. The Hall–Kier alpha value is -1.62. The Balaban J connectivity index is 1.85. The Kier molecular flexibility index (Phi) is 3.61. The predicted molar refractivity (Wildman–Crippen MR) is 78.7 cm³/mol. The van der Waals surface area contributed by atoms with E-state index in [0.29, 0.717) is 11.7 Å². The summed E-state index contributed by atoms with van der Waals surface area (Å²) in [4.78, 5) is 20.2. The zero-order chi connectivity index (χ0) is 14.1. The van der Waals surface area contributed by atoms with Crippen molar-refractivity contribution in [3.05, 3.63) is 24.0 Å². The molecule has 2 atom stereocenters. The van der Waals surface area contributed by atoms with Crippen LogP contribution in [0.15, 0.2) is 18.3 Å². The third-order valence-electron chi connectivity index (χ3n) is 4.60. The lowest BCUT2D eigenvalue weighted by molar-refractivity contribution is 0.0995. The van der Waals surface area contributed by atoms with Gasteiger partial charge in [0.1, 0.15) is 5.69 Å². The maximum atomic E-state index is 11.3. The number of hydrogen-bond acceptors (Lipinski definition) is 4. The number of piperidine rings is 2. The molecular weight excluding hydrogens is 252 g/mol. The fourth-order valence-electron chi connectivity index (χ4n) is 3.64. The van der Waals surface area contributed by atoms with E-state index in [0.717, 1.165) is 24.7 Å². The van der Waals surface area contributed by atoms with E-state index < -0.39 is 5.91 Å². The second-order valence-corrected chi connectivity index (χ2v) is 5.98. The van der Waals surface area contributed by atoms with Gasteiger partial charge in [-0.2, -0.15) is 0 Å². The van der Waals surface area contributed by atoms with Gasteiger partial charge >= 0.3 is 0 Å². The third-order valence-corrected chi connectivity index (χ3v) is 4.60. The predicted octanol–water partition coefficient (Wildman–Crippen LogP) is 1.10. The van der Waals surface area contributed by atoms with Gasteiger partial charge in [-0.05, 0) is 50.9 Å². The van der Waals surface area contributed by atoms with Crippen molar-refractivity contribution in [3.63, 3.8) is 0 Å². The zero-order valence-electron chi connectivity index (χ0n) is 12.0. The molecule has 5 heteroatoms. The highest BCUT2D eigenvalue weighted by atomic mass is 16.1. The number of fused-ring (bicyclic) bond motifs is 1. The molecule has 108 valence electrons. The first-order valence-electron chi connectivity index (χ1n) is 7.36. The largest absolute Gasteiger partial charge is 0.368 e. The Morgan fingerprint density at radius 1 is 1.40 bits per heavy atom. The third kappa shape index (κ3) is 2.50. The topological polar surface area (TPSA) is 62.5 Å². The van der Waals surface area contributed by atoms with Crippen LogP contribution < -0.4 is 10.6 Å². The highest BCUT2D eigenvalue weighted by Gasteiger charge is 2.35. The summed E-state index contributed by atoms with van der Waals surface area (Å²) in [5, 5.41) is 0. The van der Waals surface area contributed by atoms with Gasteiger partial charge in [0.05, 0.1) is 0 Å². The molecule has 3 rings (SSSR count). The minimum absolute atomic E-state index is 0.359. The normalized spacial score (nSPS) is 27.1. The number of carbonyl (C=O) groups excluding carboxylic acids is 1. The molecule has 2 N–H and O–H groups in total. The van der Waals surface area contributed by atoms with Crippen molar-refractivity contribution in [2.75, 3.05) is 31.6 Å². The van der Waals surface area contributed by atoms with E-state index in [1.807, 2.05) is 12.1 Å². The molecule has 0 spiro atoms. The first-order chi connectivity index (χ1) is 9.65. The molecule has 5 nitrogen and oxygen atoms in total. The van der Waals surface area contributed by atoms with Crippen LogP contribution in [-0.4, -0.2) is 48.5 Å². The molecule has 2 fully saturated rings. The average molecular weight is 274 g/mol. The van der Waals surface area contributed by atoms with Crippen LogP contribution in [-0.2, 0) is 0 Å². The number of aromatic nitrogens is 1. The highest BCUT2D eigenvalue weighted by molar-refractivity contribution is 5.91. The Morgan fingerprint density at radius 3 is 3.05 bits per heavy atom. The van der Waals surface area contributed by atoms with E-state index >= 15 is 0 Å². The van der Waals surface area contributed by atoms with Gasteiger partial charge in [0, 0.05) is 31.0 Å². The summed E-state index contributed by atoms with van der Waals surface area (Å²) >= 11 is 0. The summed E-state index contributed by atoms with van der Waals surface area (Å²) in [6.07, 6.45) is 5.39. The fourth-order valence-corrected chi connectivity index (χ4v) is 3.64. The number of primary amides is 1. The van der Waals surface area contributed by atoms with Gasteiger partial charge in [-0.3, -0.25) is 9.78 Å². The molecule has 2 saturated heterocycles. The van der Waals surface area contributed by atoms with Crippen molar-refractivity contribution in [1.29, 1.82) is 0 Å². The first kappa shape index (κ1) is 13.4. The van der Waals surface area contributed by atoms with Crippen LogP contribution in [0.1, 0.15) is 29.8 Å². The number of likely N-dealkylation sites (tertiary alicyclic amines) is 1. The van der Waals surface area contributed by atoms with Crippen molar-refractivity contribution in [1.82, 2.24) is 9.88 Å². The number of rotatable bonds is 2. The minimum atomic E-state index is -0.455.